The number of hydrogen-bond donors (Lipinski definition) is 0. The molecule has 0 N–H and O–H groups in total. The second-order valence-electron chi connectivity index (χ2n) is 7.15. The molecule has 0 radical (unpaired) electrons. The lowest BCUT2D eigenvalue weighted by Gasteiger charge is -2.26. The van der Waals surface area contributed by atoms with Crippen molar-refractivity contribution in [3.63, 3.8) is 0 Å². The number of para-hydroxylation sites is 1. The summed E-state index contributed by atoms with van der Waals surface area (Å²) in [6.45, 7) is 3.54. The third-order valence-electron chi connectivity index (χ3n) is 5.15. The topological polar surface area (TPSA) is 34.6 Å². The lowest BCUT2D eigenvalue weighted by atomic mass is 10.1. The van der Waals surface area contributed by atoms with E-state index in [1.54, 1.807) is 7.11 Å². The second kappa shape index (κ2) is 8.51. The minimum atomic E-state index is 0.321. The van der Waals surface area contributed by atoms with E-state index in [0.29, 0.717) is 6.10 Å². The van der Waals surface area contributed by atoms with Gasteiger partial charge in [-0.05, 0) is 42.7 Å². The van der Waals surface area contributed by atoms with E-state index in [1.807, 2.05) is 24.4 Å². The van der Waals surface area contributed by atoms with E-state index in [4.69, 9.17) is 9.47 Å². The molecule has 0 amide bonds. The molecule has 4 heteroatoms. The van der Waals surface area contributed by atoms with E-state index in [1.165, 1.54) is 16.5 Å². The average Bonchev–Trinajstić information content (AvgIpc) is 3.21. The van der Waals surface area contributed by atoms with Crippen molar-refractivity contribution in [3.8, 4) is 5.75 Å². The molecule has 1 aliphatic heterocycles. The van der Waals surface area contributed by atoms with E-state index in [9.17, 15) is 0 Å². The number of hydrogen-bond acceptors (Lipinski definition) is 4. The number of nitrogens with zero attached hydrogens (tertiary/aromatic N) is 2. The molecule has 1 fully saturated rings. The molecule has 140 valence electrons. The van der Waals surface area contributed by atoms with Crippen LogP contribution in [0, 0.1) is 0 Å². The van der Waals surface area contributed by atoms with Gasteiger partial charge in [0.05, 0.1) is 18.7 Å². The van der Waals surface area contributed by atoms with Crippen LogP contribution in [0.5, 0.6) is 5.75 Å². The number of aromatic nitrogens is 1. The molecule has 1 aliphatic rings. The summed E-state index contributed by atoms with van der Waals surface area (Å²) in [5.41, 5.74) is 3.54. The SMILES string of the molecule is COc1ccccc1CN(Cc1ccc2ncccc2c1)CC1CCCO1. The highest BCUT2D eigenvalue weighted by atomic mass is 16.5. The molecule has 4 nitrogen and oxygen atoms in total. The Morgan fingerprint density at radius 2 is 2.04 bits per heavy atom. The molecule has 4 rings (SSSR count). The van der Waals surface area contributed by atoms with Crippen LogP contribution in [0.1, 0.15) is 24.0 Å². The van der Waals surface area contributed by atoms with Crippen LogP contribution in [0.3, 0.4) is 0 Å². The highest BCUT2D eigenvalue weighted by molar-refractivity contribution is 5.78. The van der Waals surface area contributed by atoms with Crippen LogP contribution in [0.15, 0.2) is 60.8 Å². The first-order chi connectivity index (χ1) is 13.3. The van der Waals surface area contributed by atoms with Crippen LogP contribution in [-0.4, -0.2) is 36.2 Å². The van der Waals surface area contributed by atoms with Crippen LogP contribution >= 0.6 is 0 Å². The van der Waals surface area contributed by atoms with E-state index in [-0.39, 0.29) is 0 Å². The van der Waals surface area contributed by atoms with Crippen molar-refractivity contribution >= 4 is 10.9 Å². The van der Waals surface area contributed by atoms with Gasteiger partial charge in [-0.3, -0.25) is 9.88 Å². The Balaban J connectivity index is 1.56. The molecule has 1 atom stereocenters. The quantitative estimate of drug-likeness (QED) is 0.623. The zero-order valence-corrected chi connectivity index (χ0v) is 15.8. The Kier molecular flexibility index (Phi) is 5.66. The fraction of sp³-hybridized carbons (Fsp3) is 0.348. The average molecular weight is 362 g/mol. The number of fused-ring (bicyclic) bond motifs is 1. The normalized spacial score (nSPS) is 16.9. The largest absolute Gasteiger partial charge is 0.496 e. The van der Waals surface area contributed by atoms with Gasteiger partial charge in [0.2, 0.25) is 0 Å². The molecule has 1 saturated heterocycles. The zero-order chi connectivity index (χ0) is 18.5. The van der Waals surface area contributed by atoms with Crippen LogP contribution in [-0.2, 0) is 17.8 Å². The molecule has 2 heterocycles. The van der Waals surface area contributed by atoms with Crippen molar-refractivity contribution in [1.82, 2.24) is 9.88 Å². The number of methoxy groups -OCH3 is 1. The Morgan fingerprint density at radius 1 is 1.11 bits per heavy atom. The van der Waals surface area contributed by atoms with Crippen molar-refractivity contribution in [2.75, 3.05) is 20.3 Å². The molecular formula is C23H26N2O2. The molecule has 2 aromatic carbocycles. The Bertz CT molecular complexity index is 890. The van der Waals surface area contributed by atoms with Gasteiger partial charge in [0.15, 0.2) is 0 Å². The molecule has 0 spiro atoms. The maximum absolute atomic E-state index is 5.90. The maximum Gasteiger partial charge on any atom is 0.123 e. The van der Waals surface area contributed by atoms with Crippen LogP contribution in [0.4, 0.5) is 0 Å². The van der Waals surface area contributed by atoms with Crippen molar-refractivity contribution in [1.29, 1.82) is 0 Å². The first-order valence-corrected chi connectivity index (χ1v) is 9.61. The highest BCUT2D eigenvalue weighted by Crippen LogP contribution is 2.23. The molecule has 1 aromatic heterocycles. The van der Waals surface area contributed by atoms with Gasteiger partial charge in [0.1, 0.15) is 5.75 Å². The first kappa shape index (κ1) is 18.0. The summed E-state index contributed by atoms with van der Waals surface area (Å²) in [6.07, 6.45) is 4.47. The van der Waals surface area contributed by atoms with Gasteiger partial charge < -0.3 is 9.47 Å². The molecule has 27 heavy (non-hydrogen) atoms. The van der Waals surface area contributed by atoms with Gasteiger partial charge in [-0.1, -0.05) is 30.3 Å². The maximum atomic E-state index is 5.90. The highest BCUT2D eigenvalue weighted by Gasteiger charge is 2.20. The summed E-state index contributed by atoms with van der Waals surface area (Å²) in [6, 6.07) is 18.9. The van der Waals surface area contributed by atoms with E-state index < -0.39 is 0 Å². The Labute approximate surface area is 160 Å². The zero-order valence-electron chi connectivity index (χ0n) is 15.8. The Morgan fingerprint density at radius 3 is 2.89 bits per heavy atom. The monoisotopic (exact) mass is 362 g/mol. The van der Waals surface area contributed by atoms with Crippen molar-refractivity contribution in [2.24, 2.45) is 0 Å². The number of pyridine rings is 1. The summed E-state index contributed by atoms with van der Waals surface area (Å²) < 4.78 is 11.5. The van der Waals surface area contributed by atoms with E-state index >= 15 is 0 Å². The third-order valence-corrected chi connectivity index (χ3v) is 5.15. The van der Waals surface area contributed by atoms with Crippen LogP contribution in [0.2, 0.25) is 0 Å². The minimum Gasteiger partial charge on any atom is -0.496 e. The number of rotatable bonds is 7. The first-order valence-electron chi connectivity index (χ1n) is 9.61. The molecule has 0 bridgehead atoms. The third kappa shape index (κ3) is 4.46. The molecular weight excluding hydrogens is 336 g/mol. The standard InChI is InChI=1S/C23H26N2O2/c1-26-23-9-3-2-6-20(23)16-25(17-21-8-5-13-27-21)15-18-10-11-22-19(14-18)7-4-12-24-22/h2-4,6-7,9-12,14,21H,5,8,13,15-17H2,1H3. The number of benzene rings is 2. The van der Waals surface area contributed by atoms with E-state index in [0.717, 1.165) is 50.3 Å². The summed E-state index contributed by atoms with van der Waals surface area (Å²) in [4.78, 5) is 6.89. The fourth-order valence-corrected chi connectivity index (χ4v) is 3.82. The van der Waals surface area contributed by atoms with Gasteiger partial charge >= 0.3 is 0 Å². The molecule has 0 saturated carbocycles. The smallest absolute Gasteiger partial charge is 0.123 e. The van der Waals surface area contributed by atoms with Crippen molar-refractivity contribution in [2.45, 2.75) is 32.0 Å². The van der Waals surface area contributed by atoms with Crippen molar-refractivity contribution in [3.05, 3.63) is 71.9 Å². The summed E-state index contributed by atoms with van der Waals surface area (Å²) in [7, 11) is 1.74. The molecule has 0 aliphatic carbocycles. The lowest BCUT2D eigenvalue weighted by Crippen LogP contribution is -2.31. The summed E-state index contributed by atoms with van der Waals surface area (Å²) in [5.74, 6) is 0.942. The fourth-order valence-electron chi connectivity index (χ4n) is 3.82. The predicted octanol–water partition coefficient (Wildman–Crippen LogP) is 4.42. The van der Waals surface area contributed by atoms with Crippen molar-refractivity contribution < 1.29 is 9.47 Å². The summed E-state index contributed by atoms with van der Waals surface area (Å²) in [5, 5.41) is 1.18. The van der Waals surface area contributed by atoms with Gasteiger partial charge in [0.25, 0.3) is 0 Å². The van der Waals surface area contributed by atoms with E-state index in [2.05, 4.69) is 46.3 Å². The summed E-state index contributed by atoms with van der Waals surface area (Å²) >= 11 is 0. The van der Waals surface area contributed by atoms with Gasteiger partial charge in [-0.25, -0.2) is 0 Å². The van der Waals surface area contributed by atoms with Gasteiger partial charge in [-0.15, -0.1) is 0 Å². The molecule has 1 unspecified atom stereocenters. The second-order valence-corrected chi connectivity index (χ2v) is 7.15. The van der Waals surface area contributed by atoms with Gasteiger partial charge in [0, 0.05) is 43.4 Å². The van der Waals surface area contributed by atoms with Crippen LogP contribution in [0.25, 0.3) is 10.9 Å². The number of ether oxygens (including phenoxy) is 2. The van der Waals surface area contributed by atoms with Crippen LogP contribution < -0.4 is 4.74 Å². The lowest BCUT2D eigenvalue weighted by molar-refractivity contribution is 0.0676. The van der Waals surface area contributed by atoms with Gasteiger partial charge in [-0.2, -0.15) is 0 Å². The predicted molar refractivity (Wildman–Crippen MR) is 108 cm³/mol. The Hall–Kier alpha value is -2.43. The minimum absolute atomic E-state index is 0.321. The molecule has 3 aromatic rings.